The summed E-state index contributed by atoms with van der Waals surface area (Å²) in [4.78, 5) is 0. The van der Waals surface area contributed by atoms with Crippen molar-refractivity contribution < 1.29 is 18.9 Å². The molecule has 2 aromatic rings. The van der Waals surface area contributed by atoms with Gasteiger partial charge in [-0.3, -0.25) is 5.84 Å². The fourth-order valence-corrected chi connectivity index (χ4v) is 4.03. The normalized spacial score (nSPS) is 37.1. The Balaban J connectivity index is 1.37. The first kappa shape index (κ1) is 16.4. The summed E-state index contributed by atoms with van der Waals surface area (Å²) in [6.45, 7) is 1.01. The minimum atomic E-state index is -0.397. The summed E-state index contributed by atoms with van der Waals surface area (Å²) in [5.74, 6) is 6.33. The van der Waals surface area contributed by atoms with Crippen molar-refractivity contribution in [2.45, 2.75) is 36.9 Å². The number of rotatable bonds is 2. The molecule has 0 bridgehead atoms. The maximum Gasteiger partial charge on any atom is 0.184 e. The summed E-state index contributed by atoms with van der Waals surface area (Å²) in [5, 5.41) is 1.79. The largest absolute Gasteiger partial charge is 0.347 e. The lowest BCUT2D eigenvalue weighted by Gasteiger charge is -2.37. The topological polar surface area (TPSA) is 66.2 Å². The lowest BCUT2D eigenvalue weighted by molar-refractivity contribution is -0.278. The van der Waals surface area contributed by atoms with E-state index in [2.05, 4.69) is 0 Å². The van der Waals surface area contributed by atoms with E-state index in [-0.39, 0.29) is 24.3 Å². The van der Waals surface area contributed by atoms with E-state index in [1.54, 1.807) is 5.01 Å². The van der Waals surface area contributed by atoms with Crippen molar-refractivity contribution in [3.63, 3.8) is 0 Å². The van der Waals surface area contributed by atoms with Crippen LogP contribution in [0, 0.1) is 0 Å². The molecule has 3 saturated heterocycles. The molecule has 3 aliphatic heterocycles. The van der Waals surface area contributed by atoms with Crippen LogP contribution >= 0.6 is 0 Å². The third kappa shape index (κ3) is 2.75. The van der Waals surface area contributed by atoms with Gasteiger partial charge in [0.1, 0.15) is 12.2 Å². The number of nitrogens with two attached hydrogens (primary N) is 1. The molecule has 2 unspecified atom stereocenters. The predicted octanol–water partition coefficient (Wildman–Crippen LogP) is 2.14. The van der Waals surface area contributed by atoms with Gasteiger partial charge in [-0.2, -0.15) is 0 Å². The molecule has 2 aromatic carbocycles. The quantitative estimate of drug-likeness (QED) is 0.834. The van der Waals surface area contributed by atoms with Crippen LogP contribution in [0.15, 0.2) is 60.7 Å². The van der Waals surface area contributed by atoms with Crippen molar-refractivity contribution in [1.82, 2.24) is 5.01 Å². The molecular formula is C20H22N2O4. The summed E-state index contributed by atoms with van der Waals surface area (Å²) in [6, 6.07) is 19.9. The summed E-state index contributed by atoms with van der Waals surface area (Å²) in [7, 11) is 0. The molecule has 3 heterocycles. The first-order chi connectivity index (χ1) is 12.8. The van der Waals surface area contributed by atoms with E-state index >= 15 is 0 Å². The number of ether oxygens (including phenoxy) is 4. The van der Waals surface area contributed by atoms with Gasteiger partial charge in [0.2, 0.25) is 0 Å². The Kier molecular flexibility index (Phi) is 4.24. The highest BCUT2D eigenvalue weighted by Crippen LogP contribution is 2.41. The molecule has 0 aliphatic carbocycles. The first-order valence-electron chi connectivity index (χ1n) is 8.98. The van der Waals surface area contributed by atoms with E-state index in [1.165, 1.54) is 0 Å². The van der Waals surface area contributed by atoms with E-state index in [4.69, 9.17) is 24.8 Å². The maximum absolute atomic E-state index is 6.33. The van der Waals surface area contributed by atoms with Crippen LogP contribution in [0.3, 0.4) is 0 Å². The van der Waals surface area contributed by atoms with Gasteiger partial charge in [-0.05, 0) is 0 Å². The molecule has 0 amide bonds. The zero-order chi connectivity index (χ0) is 17.5. The van der Waals surface area contributed by atoms with Crippen molar-refractivity contribution in [3.05, 3.63) is 71.8 Å². The van der Waals surface area contributed by atoms with Crippen LogP contribution < -0.4 is 5.84 Å². The Hall–Kier alpha value is -1.80. The predicted molar refractivity (Wildman–Crippen MR) is 93.6 cm³/mol. The van der Waals surface area contributed by atoms with Crippen molar-refractivity contribution in [2.24, 2.45) is 5.84 Å². The Morgan fingerprint density at radius 2 is 1.12 bits per heavy atom. The third-order valence-electron chi connectivity index (χ3n) is 5.39. The second-order valence-corrected chi connectivity index (χ2v) is 6.94. The fraction of sp³-hybridized carbons (Fsp3) is 0.400. The first-order valence-corrected chi connectivity index (χ1v) is 8.98. The number of benzene rings is 2. The monoisotopic (exact) mass is 354 g/mol. The highest BCUT2D eigenvalue weighted by molar-refractivity contribution is 5.19. The smallest absolute Gasteiger partial charge is 0.184 e. The molecule has 2 N–H and O–H groups in total. The zero-order valence-electron chi connectivity index (χ0n) is 14.3. The molecule has 6 nitrogen and oxygen atoms in total. The van der Waals surface area contributed by atoms with Gasteiger partial charge in [-0.25, -0.2) is 5.01 Å². The van der Waals surface area contributed by atoms with Gasteiger partial charge in [0.15, 0.2) is 12.6 Å². The highest BCUT2D eigenvalue weighted by Gasteiger charge is 2.55. The summed E-state index contributed by atoms with van der Waals surface area (Å²) in [5.41, 5.74) is 2.01. The maximum atomic E-state index is 6.33. The summed E-state index contributed by atoms with van der Waals surface area (Å²) in [6.07, 6.45) is -1.10. The van der Waals surface area contributed by atoms with Crippen LogP contribution in [0.2, 0.25) is 0 Å². The van der Waals surface area contributed by atoms with Gasteiger partial charge in [0, 0.05) is 11.1 Å². The second-order valence-electron chi connectivity index (χ2n) is 6.94. The zero-order valence-corrected chi connectivity index (χ0v) is 14.3. The molecule has 3 aliphatic rings. The summed E-state index contributed by atoms with van der Waals surface area (Å²) >= 11 is 0. The van der Waals surface area contributed by atoms with Crippen molar-refractivity contribution in [2.75, 3.05) is 13.2 Å². The number of fused-ring (bicyclic) bond motifs is 3. The Labute approximate surface area is 152 Å². The standard InChI is InChI=1S/C20H22N2O4/c21-22-15-11-23-19(13-7-3-1-4-8-13)25-17(15)18-16(22)12-24-20(26-18)14-9-5-2-6-10-14/h1-10,15-20H,11-12,21H2/t15-,16-,17-,18-,19?,20?/m1/s1. The Morgan fingerprint density at radius 3 is 1.54 bits per heavy atom. The molecule has 26 heavy (non-hydrogen) atoms. The van der Waals surface area contributed by atoms with E-state index in [0.29, 0.717) is 13.2 Å². The molecule has 6 atom stereocenters. The Bertz CT molecular complexity index is 680. The minimum Gasteiger partial charge on any atom is -0.347 e. The van der Waals surface area contributed by atoms with Gasteiger partial charge in [0.25, 0.3) is 0 Å². The van der Waals surface area contributed by atoms with Crippen molar-refractivity contribution in [3.8, 4) is 0 Å². The molecule has 3 fully saturated rings. The average molecular weight is 354 g/mol. The molecular weight excluding hydrogens is 332 g/mol. The van der Waals surface area contributed by atoms with E-state index < -0.39 is 12.6 Å². The van der Waals surface area contributed by atoms with E-state index in [9.17, 15) is 0 Å². The fourth-order valence-electron chi connectivity index (χ4n) is 4.03. The average Bonchev–Trinajstić information content (AvgIpc) is 3.01. The van der Waals surface area contributed by atoms with Crippen LogP contribution in [0.1, 0.15) is 23.7 Å². The van der Waals surface area contributed by atoms with Crippen LogP contribution in [-0.2, 0) is 18.9 Å². The van der Waals surface area contributed by atoms with Gasteiger partial charge in [-0.15, -0.1) is 0 Å². The summed E-state index contributed by atoms with van der Waals surface area (Å²) < 4.78 is 24.4. The minimum absolute atomic E-state index is 0.0388. The van der Waals surface area contributed by atoms with Crippen LogP contribution in [0.5, 0.6) is 0 Å². The molecule has 5 rings (SSSR count). The van der Waals surface area contributed by atoms with Gasteiger partial charge >= 0.3 is 0 Å². The lowest BCUT2D eigenvalue weighted by atomic mass is 10.0. The van der Waals surface area contributed by atoms with Gasteiger partial charge in [0.05, 0.1) is 25.3 Å². The molecule has 0 spiro atoms. The van der Waals surface area contributed by atoms with E-state index in [0.717, 1.165) is 11.1 Å². The van der Waals surface area contributed by atoms with Crippen LogP contribution in [-0.4, -0.2) is 42.5 Å². The molecule has 0 radical (unpaired) electrons. The number of hydrogen-bond donors (Lipinski definition) is 1. The molecule has 136 valence electrons. The Morgan fingerprint density at radius 1 is 0.692 bits per heavy atom. The van der Waals surface area contributed by atoms with Crippen LogP contribution in [0.4, 0.5) is 0 Å². The second kappa shape index (κ2) is 6.74. The SMILES string of the molecule is NN1[C@@H]2COC(c3ccccc3)O[C@H]2[C@@H]2OC(c3ccccc3)OC[C@H]21. The van der Waals surface area contributed by atoms with Gasteiger partial charge < -0.3 is 18.9 Å². The molecule has 0 aromatic heterocycles. The van der Waals surface area contributed by atoms with Crippen molar-refractivity contribution >= 4 is 0 Å². The molecule has 0 saturated carbocycles. The lowest BCUT2D eigenvalue weighted by Crippen LogP contribution is -2.51. The number of hydrogen-bond acceptors (Lipinski definition) is 6. The van der Waals surface area contributed by atoms with Crippen molar-refractivity contribution in [1.29, 1.82) is 0 Å². The van der Waals surface area contributed by atoms with Crippen LogP contribution in [0.25, 0.3) is 0 Å². The molecule has 6 heteroatoms. The number of nitrogens with zero attached hydrogens (tertiary/aromatic N) is 1. The third-order valence-corrected chi connectivity index (χ3v) is 5.39. The highest BCUT2D eigenvalue weighted by atomic mass is 16.7. The van der Waals surface area contributed by atoms with Gasteiger partial charge in [-0.1, -0.05) is 60.7 Å². The van der Waals surface area contributed by atoms with E-state index in [1.807, 2.05) is 60.7 Å². The number of hydrazine groups is 1.